The van der Waals surface area contributed by atoms with Crippen LogP contribution in [0.3, 0.4) is 0 Å². The van der Waals surface area contributed by atoms with Crippen LogP contribution in [0.4, 0.5) is 10.1 Å². The van der Waals surface area contributed by atoms with Gasteiger partial charge in [0.05, 0.1) is 33.4 Å². The number of ether oxygens (including phenoxy) is 3. The van der Waals surface area contributed by atoms with Crippen LogP contribution in [0.15, 0.2) is 30.3 Å². The number of halogens is 1. The first kappa shape index (κ1) is 20.8. The van der Waals surface area contributed by atoms with Gasteiger partial charge in [-0.3, -0.25) is 4.79 Å². The quantitative estimate of drug-likeness (QED) is 0.643. The summed E-state index contributed by atoms with van der Waals surface area (Å²) in [7, 11) is 4.53. The summed E-state index contributed by atoms with van der Waals surface area (Å²) >= 11 is 0. The predicted octanol–water partition coefficient (Wildman–Crippen LogP) is 2.49. The van der Waals surface area contributed by atoms with E-state index >= 15 is 0 Å². The second-order valence-electron chi connectivity index (χ2n) is 5.76. The van der Waals surface area contributed by atoms with E-state index in [1.165, 1.54) is 33.5 Å². The number of hydrogen-bond donors (Lipinski definition) is 2. The first-order valence-corrected chi connectivity index (χ1v) is 8.52. The van der Waals surface area contributed by atoms with Crippen LogP contribution in [0.1, 0.15) is 11.1 Å². The van der Waals surface area contributed by atoms with Crippen molar-refractivity contribution in [3.05, 3.63) is 47.3 Å². The number of hydrogen-bond acceptors (Lipinski definition) is 6. The molecule has 0 aliphatic heterocycles. The van der Waals surface area contributed by atoms with Gasteiger partial charge in [-0.2, -0.15) is 5.26 Å². The number of anilines is 1. The SMILES string of the molecule is COc1cc(CC(=O)NCCNc2cccc(F)c2C#N)cc(OC)c1OC. The molecule has 0 unspecified atom stereocenters. The number of methoxy groups -OCH3 is 3. The number of carbonyl (C=O) groups excluding carboxylic acids is 1. The molecule has 0 saturated carbocycles. The molecule has 0 spiro atoms. The summed E-state index contributed by atoms with van der Waals surface area (Å²) in [6.07, 6.45) is 0.125. The van der Waals surface area contributed by atoms with E-state index in [1.807, 2.05) is 6.07 Å². The normalized spacial score (nSPS) is 9.96. The molecule has 2 aromatic carbocycles. The number of nitriles is 1. The summed E-state index contributed by atoms with van der Waals surface area (Å²) in [6, 6.07) is 9.60. The number of rotatable bonds is 9. The zero-order valence-electron chi connectivity index (χ0n) is 16.0. The van der Waals surface area contributed by atoms with E-state index in [1.54, 1.807) is 18.2 Å². The lowest BCUT2D eigenvalue weighted by atomic mass is 10.1. The maximum atomic E-state index is 13.5. The minimum absolute atomic E-state index is 0.0498. The average molecular weight is 387 g/mol. The van der Waals surface area contributed by atoms with E-state index in [0.29, 0.717) is 41.6 Å². The van der Waals surface area contributed by atoms with Gasteiger partial charge >= 0.3 is 0 Å². The molecule has 2 aromatic rings. The third-order valence-electron chi connectivity index (χ3n) is 3.98. The molecule has 0 fully saturated rings. The summed E-state index contributed by atoms with van der Waals surface area (Å²) in [4.78, 5) is 12.2. The Morgan fingerprint density at radius 1 is 1.11 bits per heavy atom. The zero-order chi connectivity index (χ0) is 20.5. The van der Waals surface area contributed by atoms with Gasteiger partial charge in [0.1, 0.15) is 17.4 Å². The fraction of sp³-hybridized carbons (Fsp3) is 0.300. The first-order valence-electron chi connectivity index (χ1n) is 8.52. The molecule has 0 saturated heterocycles. The average Bonchev–Trinajstić information content (AvgIpc) is 2.70. The van der Waals surface area contributed by atoms with Crippen LogP contribution in [0.5, 0.6) is 17.2 Å². The van der Waals surface area contributed by atoms with Crippen molar-refractivity contribution in [3.8, 4) is 23.3 Å². The van der Waals surface area contributed by atoms with E-state index in [2.05, 4.69) is 10.6 Å². The van der Waals surface area contributed by atoms with Crippen LogP contribution < -0.4 is 24.8 Å². The number of carbonyl (C=O) groups is 1. The largest absolute Gasteiger partial charge is 0.493 e. The molecule has 28 heavy (non-hydrogen) atoms. The van der Waals surface area contributed by atoms with E-state index in [4.69, 9.17) is 19.5 Å². The van der Waals surface area contributed by atoms with Gasteiger partial charge in [0.2, 0.25) is 11.7 Å². The Morgan fingerprint density at radius 2 is 1.79 bits per heavy atom. The van der Waals surface area contributed by atoms with Gasteiger partial charge in [0.15, 0.2) is 11.5 Å². The highest BCUT2D eigenvalue weighted by atomic mass is 19.1. The molecule has 0 aliphatic rings. The topological polar surface area (TPSA) is 92.6 Å². The third kappa shape index (κ3) is 5.04. The van der Waals surface area contributed by atoms with E-state index in [9.17, 15) is 9.18 Å². The van der Waals surface area contributed by atoms with Crippen LogP contribution in [-0.2, 0) is 11.2 Å². The maximum absolute atomic E-state index is 13.5. The van der Waals surface area contributed by atoms with Crippen molar-refractivity contribution >= 4 is 11.6 Å². The van der Waals surface area contributed by atoms with Gasteiger partial charge in [-0.05, 0) is 29.8 Å². The molecule has 2 rings (SSSR count). The molecule has 0 radical (unpaired) electrons. The molecule has 0 heterocycles. The minimum Gasteiger partial charge on any atom is -0.493 e. The van der Waals surface area contributed by atoms with E-state index < -0.39 is 5.82 Å². The van der Waals surface area contributed by atoms with Crippen molar-refractivity contribution in [2.24, 2.45) is 0 Å². The molecule has 1 amide bonds. The molecular weight excluding hydrogens is 365 g/mol. The lowest BCUT2D eigenvalue weighted by molar-refractivity contribution is -0.120. The Labute approximate surface area is 163 Å². The third-order valence-corrected chi connectivity index (χ3v) is 3.98. The Bertz CT molecular complexity index is 855. The Kier molecular flexibility index (Phi) is 7.45. The summed E-state index contributed by atoms with van der Waals surface area (Å²) in [5.74, 6) is 0.624. The smallest absolute Gasteiger partial charge is 0.224 e. The second kappa shape index (κ2) is 10.0. The Morgan fingerprint density at radius 3 is 2.36 bits per heavy atom. The van der Waals surface area contributed by atoms with Gasteiger partial charge in [0.25, 0.3) is 0 Å². The number of nitrogens with one attached hydrogen (secondary N) is 2. The van der Waals surface area contributed by atoms with E-state index in [-0.39, 0.29) is 17.9 Å². The van der Waals surface area contributed by atoms with Crippen LogP contribution in [-0.4, -0.2) is 40.3 Å². The van der Waals surface area contributed by atoms with Crippen LogP contribution in [0.2, 0.25) is 0 Å². The Hall–Kier alpha value is -3.47. The van der Waals surface area contributed by atoms with Crippen LogP contribution in [0, 0.1) is 17.1 Å². The van der Waals surface area contributed by atoms with Gasteiger partial charge < -0.3 is 24.8 Å². The van der Waals surface area contributed by atoms with Crippen molar-refractivity contribution in [2.75, 3.05) is 39.7 Å². The maximum Gasteiger partial charge on any atom is 0.224 e. The standard InChI is InChI=1S/C20H22FN3O4/c1-26-17-9-13(10-18(27-2)20(17)28-3)11-19(25)24-8-7-23-16-6-4-5-15(21)14(16)12-22/h4-6,9-10,23H,7-8,11H2,1-3H3,(H,24,25). The Balaban J connectivity index is 1.91. The monoisotopic (exact) mass is 387 g/mol. The number of amides is 1. The molecule has 148 valence electrons. The summed E-state index contributed by atoms with van der Waals surface area (Å²) in [5, 5.41) is 14.7. The highest BCUT2D eigenvalue weighted by molar-refractivity contribution is 5.79. The summed E-state index contributed by atoms with van der Waals surface area (Å²) in [6.45, 7) is 0.657. The summed E-state index contributed by atoms with van der Waals surface area (Å²) in [5.41, 5.74) is 1.05. The predicted molar refractivity (Wildman–Crippen MR) is 102 cm³/mol. The molecule has 2 N–H and O–H groups in total. The van der Waals surface area contributed by atoms with Gasteiger partial charge in [0, 0.05) is 13.1 Å². The van der Waals surface area contributed by atoms with Gasteiger partial charge in [-0.15, -0.1) is 0 Å². The molecule has 0 aliphatic carbocycles. The lowest BCUT2D eigenvalue weighted by Crippen LogP contribution is -2.30. The van der Waals surface area contributed by atoms with Gasteiger partial charge in [-0.1, -0.05) is 6.07 Å². The first-order chi connectivity index (χ1) is 13.5. The van der Waals surface area contributed by atoms with Crippen molar-refractivity contribution in [1.82, 2.24) is 5.32 Å². The van der Waals surface area contributed by atoms with Crippen molar-refractivity contribution < 1.29 is 23.4 Å². The molecule has 0 bridgehead atoms. The fourth-order valence-corrected chi connectivity index (χ4v) is 2.67. The molecule has 7 nitrogen and oxygen atoms in total. The molecular formula is C20H22FN3O4. The van der Waals surface area contributed by atoms with Crippen molar-refractivity contribution in [1.29, 1.82) is 5.26 Å². The number of benzene rings is 2. The lowest BCUT2D eigenvalue weighted by Gasteiger charge is -2.14. The zero-order valence-corrected chi connectivity index (χ0v) is 16.0. The van der Waals surface area contributed by atoms with E-state index in [0.717, 1.165) is 0 Å². The second-order valence-corrected chi connectivity index (χ2v) is 5.76. The fourth-order valence-electron chi connectivity index (χ4n) is 2.67. The molecule has 8 heteroatoms. The highest BCUT2D eigenvalue weighted by Crippen LogP contribution is 2.38. The number of nitrogens with zero attached hydrogens (tertiary/aromatic N) is 1. The minimum atomic E-state index is -0.584. The summed E-state index contributed by atoms with van der Waals surface area (Å²) < 4.78 is 29.4. The molecule has 0 aromatic heterocycles. The van der Waals surface area contributed by atoms with Crippen molar-refractivity contribution in [2.45, 2.75) is 6.42 Å². The molecule has 0 atom stereocenters. The van der Waals surface area contributed by atoms with Crippen LogP contribution in [0.25, 0.3) is 0 Å². The van der Waals surface area contributed by atoms with Crippen LogP contribution >= 0.6 is 0 Å². The van der Waals surface area contributed by atoms with Gasteiger partial charge in [-0.25, -0.2) is 4.39 Å². The highest BCUT2D eigenvalue weighted by Gasteiger charge is 2.15. The van der Waals surface area contributed by atoms with Crippen molar-refractivity contribution in [3.63, 3.8) is 0 Å².